The van der Waals surface area contributed by atoms with Gasteiger partial charge in [0, 0.05) is 5.56 Å². The summed E-state index contributed by atoms with van der Waals surface area (Å²) >= 11 is 0. The Bertz CT molecular complexity index is 1430. The van der Waals surface area contributed by atoms with E-state index in [1.54, 1.807) is 13.0 Å². The molecule has 2 aliphatic rings. The molecule has 12 nitrogen and oxygen atoms in total. The largest absolute Gasteiger partial charge is 0.467 e. The van der Waals surface area contributed by atoms with Gasteiger partial charge in [-0.2, -0.15) is 0 Å². The number of nitrogens with one attached hydrogen (secondary N) is 2. The van der Waals surface area contributed by atoms with Crippen molar-refractivity contribution in [1.82, 2.24) is 15.6 Å². The van der Waals surface area contributed by atoms with Crippen molar-refractivity contribution in [2.75, 3.05) is 20.0 Å². The Labute approximate surface area is 205 Å². The third-order valence-corrected chi connectivity index (χ3v) is 5.68. The van der Waals surface area contributed by atoms with Crippen LogP contribution in [0.2, 0.25) is 0 Å². The fourth-order valence-corrected chi connectivity index (χ4v) is 3.62. The van der Waals surface area contributed by atoms with Gasteiger partial charge in [0.1, 0.15) is 23.3 Å². The second-order valence-corrected chi connectivity index (χ2v) is 8.18. The first-order valence-corrected chi connectivity index (χ1v) is 10.9. The molecule has 0 unspecified atom stereocenters. The molecule has 1 aromatic rings. The van der Waals surface area contributed by atoms with Crippen LogP contribution in [-0.2, 0) is 19.1 Å². The molecule has 1 aliphatic carbocycles. The van der Waals surface area contributed by atoms with E-state index in [9.17, 15) is 24.0 Å². The molecule has 2 atom stereocenters. The molecule has 190 valence electrons. The molecule has 1 heterocycles. The van der Waals surface area contributed by atoms with E-state index in [1.165, 1.54) is 41.1 Å². The number of carbonyl (C=O) groups excluding carboxylic acids is 4. The molecule has 0 spiro atoms. The Morgan fingerprint density at radius 2 is 1.53 bits per heavy atom. The van der Waals surface area contributed by atoms with Gasteiger partial charge in [-0.25, -0.2) is 14.6 Å². The summed E-state index contributed by atoms with van der Waals surface area (Å²) in [6, 6.07) is 1.11. The summed E-state index contributed by atoms with van der Waals surface area (Å²) in [5.41, 5.74) is 5.64. The Kier molecular flexibility index (Phi) is 7.27. The van der Waals surface area contributed by atoms with Crippen LogP contribution in [0.5, 0.6) is 0 Å². The number of nitrogens with two attached hydrogens (primary N) is 1. The molecule has 0 saturated carbocycles. The van der Waals surface area contributed by atoms with Crippen molar-refractivity contribution < 1.29 is 33.1 Å². The van der Waals surface area contributed by atoms with Crippen molar-refractivity contribution in [2.24, 2.45) is 0 Å². The van der Waals surface area contributed by atoms with Crippen molar-refractivity contribution in [1.29, 1.82) is 0 Å². The Morgan fingerprint density at radius 1 is 0.972 bits per heavy atom. The molecule has 1 aliphatic heterocycles. The van der Waals surface area contributed by atoms with E-state index in [0.717, 1.165) is 0 Å². The maximum absolute atomic E-state index is 13.1. The Hall–Kier alpha value is -4.48. The number of hydrogen-bond acceptors (Lipinski definition) is 10. The number of nitrogens with zero attached hydrogens (tertiary/aromatic N) is 1. The van der Waals surface area contributed by atoms with Gasteiger partial charge >= 0.3 is 11.9 Å². The van der Waals surface area contributed by atoms with Gasteiger partial charge in [0.15, 0.2) is 11.3 Å². The van der Waals surface area contributed by atoms with Crippen LogP contribution in [0.1, 0.15) is 45.7 Å². The summed E-state index contributed by atoms with van der Waals surface area (Å²) in [5.74, 6) is -2.85. The molecule has 0 radical (unpaired) electrons. The van der Waals surface area contributed by atoms with Crippen LogP contribution in [0, 0.1) is 13.8 Å². The minimum Gasteiger partial charge on any atom is -0.467 e. The summed E-state index contributed by atoms with van der Waals surface area (Å²) < 4.78 is 15.3. The normalized spacial score (nSPS) is 12.6. The SMILES string of the molecule is COC(=O)[C@H](C)NC(=O)c1c2nc3c(C(=O)N[C@@H](C)C(=O)OC)ccc(C)c3oc-2c(C)c(=O)c1N. The molecule has 1 aromatic carbocycles. The first-order chi connectivity index (χ1) is 16.9. The predicted molar refractivity (Wildman–Crippen MR) is 129 cm³/mol. The number of ether oxygens (including phenoxy) is 2. The molecule has 36 heavy (non-hydrogen) atoms. The number of aryl methyl sites for hydroxylation is 1. The minimum absolute atomic E-state index is 0.00107. The lowest BCUT2D eigenvalue weighted by atomic mass is 9.99. The first kappa shape index (κ1) is 26.1. The average molecular weight is 498 g/mol. The number of carbonyl (C=O) groups is 4. The number of hydrogen-bond donors (Lipinski definition) is 3. The summed E-state index contributed by atoms with van der Waals surface area (Å²) in [5, 5.41) is 4.94. The highest BCUT2D eigenvalue weighted by Crippen LogP contribution is 2.34. The molecule has 0 fully saturated rings. The van der Waals surface area contributed by atoms with Crippen LogP contribution in [0.15, 0.2) is 21.3 Å². The molecular formula is C24H26N4O8. The van der Waals surface area contributed by atoms with Gasteiger partial charge in [0.2, 0.25) is 5.43 Å². The topological polar surface area (TPSA) is 180 Å². The summed E-state index contributed by atoms with van der Waals surface area (Å²) in [6.45, 7) is 6.04. The number of amides is 2. The number of esters is 2. The monoisotopic (exact) mass is 498 g/mol. The Balaban J connectivity index is 2.28. The summed E-state index contributed by atoms with van der Waals surface area (Å²) in [4.78, 5) is 67.0. The predicted octanol–water partition coefficient (Wildman–Crippen LogP) is 1.07. The van der Waals surface area contributed by atoms with Crippen LogP contribution in [0.3, 0.4) is 0 Å². The van der Waals surface area contributed by atoms with Gasteiger partial charge in [-0.05, 0) is 39.3 Å². The van der Waals surface area contributed by atoms with Gasteiger partial charge in [-0.15, -0.1) is 0 Å². The molecule has 12 heteroatoms. The zero-order chi connectivity index (χ0) is 26.9. The van der Waals surface area contributed by atoms with Gasteiger partial charge in [-0.1, -0.05) is 6.07 Å². The van der Waals surface area contributed by atoms with Gasteiger partial charge in [0.05, 0.1) is 31.0 Å². The first-order valence-electron chi connectivity index (χ1n) is 10.9. The van der Waals surface area contributed by atoms with E-state index in [0.29, 0.717) is 5.56 Å². The van der Waals surface area contributed by atoms with E-state index < -0.39 is 47.0 Å². The van der Waals surface area contributed by atoms with Gasteiger partial charge < -0.3 is 30.3 Å². The highest BCUT2D eigenvalue weighted by atomic mass is 16.5. The lowest BCUT2D eigenvalue weighted by Crippen LogP contribution is -2.40. The van der Waals surface area contributed by atoms with E-state index in [4.69, 9.17) is 10.2 Å². The standard InChI is InChI=1S/C24H26N4O8/c1-9-7-8-13(21(30)26-11(3)23(32)34-5)16-19(9)36-20-10(2)18(29)15(25)14(17(20)28-16)22(31)27-12(4)24(33)35-6/h7-8,11-12H,25H2,1-6H3,(H,26,30)(H,27,31)/t11-,12-/m0/s1. The molecule has 0 saturated heterocycles. The van der Waals surface area contributed by atoms with E-state index >= 15 is 0 Å². The highest BCUT2D eigenvalue weighted by Gasteiger charge is 2.30. The maximum atomic E-state index is 13.1. The van der Waals surface area contributed by atoms with Crippen LogP contribution < -0.4 is 21.8 Å². The zero-order valence-corrected chi connectivity index (χ0v) is 20.6. The number of nitrogen functional groups attached to an aromatic ring is 1. The Morgan fingerprint density at radius 3 is 2.08 bits per heavy atom. The van der Waals surface area contributed by atoms with E-state index in [-0.39, 0.29) is 39.2 Å². The van der Waals surface area contributed by atoms with Crippen LogP contribution >= 0.6 is 0 Å². The van der Waals surface area contributed by atoms with Gasteiger partial charge in [-0.3, -0.25) is 14.4 Å². The number of fused-ring (bicyclic) bond motifs is 2. The maximum Gasteiger partial charge on any atom is 0.328 e. The fraction of sp³-hybridized carbons (Fsp3) is 0.333. The quantitative estimate of drug-likeness (QED) is 0.253. The van der Waals surface area contributed by atoms with Crippen molar-refractivity contribution in [2.45, 2.75) is 39.8 Å². The van der Waals surface area contributed by atoms with Crippen LogP contribution in [0.25, 0.3) is 22.6 Å². The molecule has 0 aromatic heterocycles. The zero-order valence-electron chi connectivity index (χ0n) is 20.6. The van der Waals surface area contributed by atoms with E-state index in [1.807, 2.05) is 0 Å². The van der Waals surface area contributed by atoms with Crippen LogP contribution in [0.4, 0.5) is 5.69 Å². The fourth-order valence-electron chi connectivity index (χ4n) is 3.62. The van der Waals surface area contributed by atoms with Crippen molar-refractivity contribution in [3.8, 4) is 11.5 Å². The number of rotatable bonds is 6. The van der Waals surface area contributed by atoms with Crippen molar-refractivity contribution >= 4 is 40.5 Å². The molecular weight excluding hydrogens is 472 g/mol. The molecule has 0 bridgehead atoms. The van der Waals surface area contributed by atoms with Crippen LogP contribution in [-0.4, -0.2) is 55.0 Å². The summed E-state index contributed by atoms with van der Waals surface area (Å²) in [7, 11) is 2.36. The van der Waals surface area contributed by atoms with Crippen molar-refractivity contribution in [3.05, 3.63) is 44.6 Å². The van der Waals surface area contributed by atoms with Gasteiger partial charge in [0.25, 0.3) is 11.8 Å². The van der Waals surface area contributed by atoms with Crippen molar-refractivity contribution in [3.63, 3.8) is 0 Å². The number of aromatic nitrogens is 1. The lowest BCUT2D eigenvalue weighted by molar-refractivity contribution is -0.143. The number of benzene rings is 2. The second-order valence-electron chi connectivity index (χ2n) is 8.18. The number of anilines is 1. The highest BCUT2D eigenvalue weighted by molar-refractivity contribution is 6.09. The summed E-state index contributed by atoms with van der Waals surface area (Å²) in [6.07, 6.45) is 0. The minimum atomic E-state index is -1.05. The lowest BCUT2D eigenvalue weighted by Gasteiger charge is -2.19. The molecule has 4 N–H and O–H groups in total. The van der Waals surface area contributed by atoms with E-state index in [2.05, 4.69) is 25.1 Å². The molecule has 3 rings (SSSR count). The smallest absolute Gasteiger partial charge is 0.328 e. The third kappa shape index (κ3) is 4.57. The average Bonchev–Trinajstić information content (AvgIpc) is 2.85. The second kappa shape index (κ2) is 10.0. The third-order valence-electron chi connectivity index (χ3n) is 5.68. The number of methoxy groups -OCH3 is 2. The molecule has 2 amide bonds.